The number of nitrogen functional groups attached to an aromatic ring is 1. The molecule has 1 aliphatic rings. The molecular weight excluding hydrogens is 869 g/mol. The van der Waals surface area contributed by atoms with E-state index in [4.69, 9.17) is 25.3 Å². The first kappa shape index (κ1) is 48.0. The molecule has 12 N–H and O–H groups in total. The van der Waals surface area contributed by atoms with Gasteiger partial charge in [0.2, 0.25) is 16.9 Å². The predicted octanol–water partition coefficient (Wildman–Crippen LogP) is -0.335. The fourth-order valence-corrected chi connectivity index (χ4v) is 8.59. The second kappa shape index (κ2) is 20.3. The Labute approximate surface area is 339 Å². The summed E-state index contributed by atoms with van der Waals surface area (Å²) in [5.74, 6) is -1.31. The Morgan fingerprint density at radius 1 is 1.03 bits per heavy atom. The molecule has 1 saturated heterocycles. The van der Waals surface area contributed by atoms with Crippen LogP contribution in [0.3, 0.4) is 0 Å². The van der Waals surface area contributed by atoms with E-state index >= 15 is 0 Å². The molecule has 0 saturated carbocycles. The van der Waals surface area contributed by atoms with Crippen LogP contribution in [0.5, 0.6) is 0 Å². The number of aromatic nitrogens is 4. The maximum Gasteiger partial charge on any atom is 0.481 e. The molecule has 1 aromatic carbocycles. The van der Waals surface area contributed by atoms with Gasteiger partial charge >= 0.3 is 23.5 Å². The zero-order valence-electron chi connectivity index (χ0n) is 31.1. The van der Waals surface area contributed by atoms with Gasteiger partial charge < -0.3 is 56.6 Å². The monoisotopic (exact) mass is 912 g/mol. The number of nitrogens with two attached hydrogens (primary N) is 2. The van der Waals surface area contributed by atoms with Crippen molar-refractivity contribution in [3.63, 3.8) is 0 Å². The minimum absolute atomic E-state index is 0.0256. The molecule has 0 radical (unpaired) electrons. The summed E-state index contributed by atoms with van der Waals surface area (Å²) >= 11 is 0.904. The molecule has 59 heavy (non-hydrogen) atoms. The van der Waals surface area contributed by atoms with Crippen LogP contribution in [0.1, 0.15) is 32.1 Å². The van der Waals surface area contributed by atoms with Crippen LogP contribution in [0, 0.1) is 5.41 Å². The number of hydrogen-bond donors (Lipinski definition) is 10. The van der Waals surface area contributed by atoms with Crippen molar-refractivity contribution in [1.29, 1.82) is 0 Å². The van der Waals surface area contributed by atoms with Gasteiger partial charge in [-0.05, 0) is 11.6 Å². The highest BCUT2D eigenvalue weighted by Crippen LogP contribution is 2.61. The number of anilines is 1. The minimum atomic E-state index is -5.58. The van der Waals surface area contributed by atoms with Crippen LogP contribution in [0.15, 0.2) is 48.7 Å². The van der Waals surface area contributed by atoms with Gasteiger partial charge in [-0.3, -0.25) is 32.5 Å². The molecule has 0 aliphatic carbocycles. The topological polar surface area (TPSA) is 390 Å². The number of carbonyl (C=O) groups excluding carboxylic acids is 3. The second-order valence-corrected chi connectivity index (χ2v) is 18.5. The number of aliphatic hydroxyl groups is 2. The number of carbonyl (C=O) groups is 3. The number of aliphatic hydroxyl groups excluding tert-OH is 2. The first-order valence-corrected chi connectivity index (χ1v) is 22.6. The summed E-state index contributed by atoms with van der Waals surface area (Å²) in [6, 6.07) is 8.98. The van der Waals surface area contributed by atoms with Gasteiger partial charge in [0.05, 0.1) is 25.2 Å². The van der Waals surface area contributed by atoms with Crippen LogP contribution in [0.2, 0.25) is 0 Å². The summed E-state index contributed by atoms with van der Waals surface area (Å²) in [7, 11) is -16.4. The molecule has 2 amide bonds. The van der Waals surface area contributed by atoms with Gasteiger partial charge in [0.15, 0.2) is 17.7 Å². The number of hydrogen-bond acceptors (Lipinski definition) is 19. The third-order valence-electron chi connectivity index (χ3n) is 8.09. The van der Waals surface area contributed by atoms with Crippen molar-refractivity contribution in [3.8, 4) is 0 Å². The fraction of sp³-hybridized carbons (Fsp3) is 0.467. The van der Waals surface area contributed by atoms with Crippen LogP contribution < -0.4 is 22.1 Å². The Hall–Kier alpha value is -3.68. The number of phosphoric ester groups is 3. The van der Waals surface area contributed by atoms with E-state index in [0.29, 0.717) is 0 Å². The number of ether oxygens (including phenoxy) is 1. The van der Waals surface area contributed by atoms with Crippen molar-refractivity contribution in [3.05, 3.63) is 54.2 Å². The van der Waals surface area contributed by atoms with Crippen molar-refractivity contribution < 1.29 is 80.5 Å². The molecule has 2 aromatic heterocycles. The number of phosphoric acid groups is 3. The van der Waals surface area contributed by atoms with E-state index in [-0.39, 0.29) is 53.1 Å². The number of fused-ring (bicyclic) bond motifs is 1. The van der Waals surface area contributed by atoms with Crippen molar-refractivity contribution in [1.82, 2.24) is 30.2 Å². The zero-order valence-corrected chi connectivity index (χ0v) is 34.6. The number of rotatable bonds is 21. The molecule has 0 spiro atoms. The average molecular weight is 913 g/mol. The number of amides is 2. The van der Waals surface area contributed by atoms with Crippen molar-refractivity contribution in [2.45, 2.75) is 50.9 Å². The van der Waals surface area contributed by atoms with Crippen LogP contribution in [0.25, 0.3) is 17.2 Å². The number of thioether (sulfide) groups is 1. The molecule has 4 rings (SSSR count). The molecule has 3 aromatic rings. The number of imidazole rings is 1. The van der Waals surface area contributed by atoms with Gasteiger partial charge in [-0.1, -0.05) is 55.9 Å². The molecule has 29 heteroatoms. The number of nitrogens with one attached hydrogen (secondary N) is 2. The lowest BCUT2D eigenvalue weighted by molar-refractivity contribution is -0.137. The third kappa shape index (κ3) is 14.2. The van der Waals surface area contributed by atoms with E-state index in [1.54, 1.807) is 24.3 Å². The van der Waals surface area contributed by atoms with Crippen molar-refractivity contribution >= 4 is 75.2 Å². The van der Waals surface area contributed by atoms with Crippen LogP contribution >= 0.6 is 35.2 Å². The standard InChI is InChI=1S/C30H43N8O17P3S/c1-30(2,24(41)27(42)34-9-8-20(39)33-10-11-59-29(43)18(31)12-17-6-4-3-5-7-17)14-52-58(49,50)55-57(47,48)51-13-19-23(54-56(44,45)46)22(40)28(53-19)38-16-37-21-25(32)35-15-36-26(21)38/h3-7,12,15-16,19,22-24,28,40-41H,8-11,13-14,31H2,1-2H3,(H,33,39)(H,34,42)(H,47,48)(H,49,50)(H2,32,35,36)(H2,44,45,46)/t19-,22-,23-,24?,28-/m1/s1. The Kier molecular flexibility index (Phi) is 16.5. The quantitative estimate of drug-likeness (QED) is 0.0371. The van der Waals surface area contributed by atoms with E-state index in [1.807, 2.05) is 6.07 Å². The van der Waals surface area contributed by atoms with Gasteiger partial charge in [0, 0.05) is 30.7 Å². The van der Waals surface area contributed by atoms with E-state index in [9.17, 15) is 57.9 Å². The lowest BCUT2D eigenvalue weighted by Gasteiger charge is -2.30. The molecule has 3 heterocycles. The highest BCUT2D eigenvalue weighted by Gasteiger charge is 2.50. The molecule has 1 aliphatic heterocycles. The third-order valence-corrected chi connectivity index (χ3v) is 12.1. The highest BCUT2D eigenvalue weighted by atomic mass is 32.2. The smallest absolute Gasteiger partial charge is 0.395 e. The van der Waals surface area contributed by atoms with Gasteiger partial charge in [-0.15, -0.1) is 0 Å². The molecule has 7 atom stereocenters. The summed E-state index contributed by atoms with van der Waals surface area (Å²) in [4.78, 5) is 88.0. The second-order valence-electron chi connectivity index (χ2n) is 13.2. The lowest BCUT2D eigenvalue weighted by atomic mass is 9.87. The first-order valence-electron chi connectivity index (χ1n) is 17.1. The summed E-state index contributed by atoms with van der Waals surface area (Å²) in [5, 5.41) is 26.0. The Morgan fingerprint density at radius 2 is 1.71 bits per heavy atom. The normalized spacial score (nSPS) is 21.4. The van der Waals surface area contributed by atoms with Gasteiger partial charge in [0.25, 0.3) is 0 Å². The van der Waals surface area contributed by atoms with E-state index in [1.165, 1.54) is 19.9 Å². The minimum Gasteiger partial charge on any atom is -0.395 e. The summed E-state index contributed by atoms with van der Waals surface area (Å²) in [6.45, 7) is 0.326. The lowest BCUT2D eigenvalue weighted by Crippen LogP contribution is -2.46. The summed E-state index contributed by atoms with van der Waals surface area (Å²) in [6.07, 6.45) is -5.48. The molecule has 0 bridgehead atoms. The molecule has 25 nitrogen and oxygen atoms in total. The largest absolute Gasteiger partial charge is 0.481 e. The molecule has 3 unspecified atom stereocenters. The van der Waals surface area contributed by atoms with E-state index in [0.717, 1.165) is 34.5 Å². The van der Waals surface area contributed by atoms with Crippen LogP contribution in [-0.4, -0.2) is 123 Å². The fourth-order valence-electron chi connectivity index (χ4n) is 5.14. The van der Waals surface area contributed by atoms with Gasteiger partial charge in [-0.2, -0.15) is 4.31 Å². The van der Waals surface area contributed by atoms with Crippen molar-refractivity contribution in [2.75, 3.05) is 37.8 Å². The Bertz CT molecular complexity index is 2140. The highest BCUT2D eigenvalue weighted by molar-refractivity contribution is 8.14. The zero-order chi connectivity index (χ0) is 43.8. The average Bonchev–Trinajstić information content (AvgIpc) is 3.71. The Balaban J connectivity index is 1.21. The number of nitrogens with zero attached hydrogens (tertiary/aromatic N) is 4. The van der Waals surface area contributed by atoms with Crippen molar-refractivity contribution in [2.24, 2.45) is 11.1 Å². The maximum absolute atomic E-state index is 12.7. The summed E-state index contributed by atoms with van der Waals surface area (Å²) < 4.78 is 62.2. The van der Waals surface area contributed by atoms with Gasteiger partial charge in [0.1, 0.15) is 36.3 Å². The van der Waals surface area contributed by atoms with E-state index in [2.05, 4.69) is 34.4 Å². The van der Waals surface area contributed by atoms with Crippen LogP contribution in [-0.2, 0) is 50.7 Å². The first-order chi connectivity index (χ1) is 27.5. The summed E-state index contributed by atoms with van der Waals surface area (Å²) in [5.41, 5.74) is 10.9. The molecule has 326 valence electrons. The Morgan fingerprint density at radius 3 is 2.39 bits per heavy atom. The van der Waals surface area contributed by atoms with Crippen LogP contribution in [0.4, 0.5) is 5.82 Å². The van der Waals surface area contributed by atoms with Gasteiger partial charge in [-0.25, -0.2) is 28.6 Å². The SMILES string of the molecule is CC(C)(COP(=O)(O)OP(=O)(O)OC[C@H]1O[C@@H](n2cnc3c(N)ncnc32)[C@H](O)[C@@H]1OP(=O)(O)O)C(O)C(=O)NCCC(=O)NCCSC(=O)C(N)=Cc1ccccc1. The molecule has 1 fully saturated rings. The van der Waals surface area contributed by atoms with E-state index < -0.39 is 84.6 Å². The predicted molar refractivity (Wildman–Crippen MR) is 206 cm³/mol. The maximum atomic E-state index is 12.7. The molecular formula is C30H43N8O17P3S. The number of benzene rings is 1.